The molecule has 0 aromatic heterocycles. The number of nitrogens with zero attached hydrogens (tertiary/aromatic N) is 2. The molecule has 2 aromatic rings. The Morgan fingerprint density at radius 3 is 2.62 bits per heavy atom. The van der Waals surface area contributed by atoms with Gasteiger partial charge in [0.15, 0.2) is 6.61 Å². The predicted molar refractivity (Wildman–Crippen MR) is 88.5 cm³/mol. The standard InChI is InChI=1S/C19H16N2O3/c1-13-10-16-4-2-3-5-17(16)21(13)18(22)12-24-19(23)15-8-6-14(11-20)7-9-15/h2-9,13H,10,12H2,1H3/t13-/m1/s1. The minimum Gasteiger partial charge on any atom is -0.452 e. The SMILES string of the molecule is C[C@@H]1Cc2ccccc2N1C(=O)COC(=O)c1ccc(C#N)cc1. The third-order valence-electron chi connectivity index (χ3n) is 4.05. The van der Waals surface area contributed by atoms with Crippen LogP contribution in [0.4, 0.5) is 5.69 Å². The number of hydrogen-bond acceptors (Lipinski definition) is 4. The van der Waals surface area contributed by atoms with Crippen molar-refractivity contribution in [1.29, 1.82) is 5.26 Å². The second-order valence-corrected chi connectivity index (χ2v) is 5.71. The minimum atomic E-state index is -0.576. The van der Waals surface area contributed by atoms with Crippen molar-refractivity contribution in [2.24, 2.45) is 0 Å². The molecule has 0 bridgehead atoms. The number of amides is 1. The highest BCUT2D eigenvalue weighted by molar-refractivity contribution is 5.99. The molecule has 0 saturated heterocycles. The molecule has 5 heteroatoms. The maximum atomic E-state index is 12.5. The molecule has 0 spiro atoms. The zero-order valence-corrected chi connectivity index (χ0v) is 13.2. The number of carbonyl (C=O) groups excluding carboxylic acids is 2. The molecule has 0 N–H and O–H groups in total. The average Bonchev–Trinajstić information content (AvgIpc) is 2.95. The van der Waals surface area contributed by atoms with Gasteiger partial charge in [0.25, 0.3) is 5.91 Å². The van der Waals surface area contributed by atoms with Gasteiger partial charge in [-0.05, 0) is 49.2 Å². The van der Waals surface area contributed by atoms with Crippen molar-refractivity contribution in [3.63, 3.8) is 0 Å². The quantitative estimate of drug-likeness (QED) is 0.815. The summed E-state index contributed by atoms with van der Waals surface area (Å²) in [5.41, 5.74) is 2.78. The summed E-state index contributed by atoms with van der Waals surface area (Å²) >= 11 is 0. The van der Waals surface area contributed by atoms with Crippen LogP contribution in [-0.4, -0.2) is 24.5 Å². The van der Waals surface area contributed by atoms with Crippen LogP contribution in [0.2, 0.25) is 0 Å². The van der Waals surface area contributed by atoms with Gasteiger partial charge >= 0.3 is 5.97 Å². The second-order valence-electron chi connectivity index (χ2n) is 5.71. The fourth-order valence-electron chi connectivity index (χ4n) is 2.91. The van der Waals surface area contributed by atoms with Gasteiger partial charge in [-0.2, -0.15) is 5.26 Å². The van der Waals surface area contributed by atoms with Crippen LogP contribution < -0.4 is 4.90 Å². The number of benzene rings is 2. The van der Waals surface area contributed by atoms with E-state index < -0.39 is 5.97 Å². The van der Waals surface area contributed by atoms with Crippen molar-refractivity contribution in [3.8, 4) is 6.07 Å². The Hall–Kier alpha value is -3.13. The van der Waals surface area contributed by atoms with Crippen molar-refractivity contribution in [1.82, 2.24) is 0 Å². The summed E-state index contributed by atoms with van der Waals surface area (Å²) in [5.74, 6) is -0.817. The number of para-hydroxylation sites is 1. The van der Waals surface area contributed by atoms with Crippen molar-refractivity contribution >= 4 is 17.6 Å². The van der Waals surface area contributed by atoms with E-state index in [1.165, 1.54) is 24.3 Å². The first-order valence-corrected chi connectivity index (χ1v) is 7.67. The molecule has 1 heterocycles. The fourth-order valence-corrected chi connectivity index (χ4v) is 2.91. The average molecular weight is 320 g/mol. The first-order valence-electron chi connectivity index (χ1n) is 7.67. The summed E-state index contributed by atoms with van der Waals surface area (Å²) in [5, 5.41) is 8.75. The molecule has 0 radical (unpaired) electrons. The lowest BCUT2D eigenvalue weighted by atomic mass is 10.1. The van der Waals surface area contributed by atoms with E-state index in [4.69, 9.17) is 10.00 Å². The molecule has 0 fully saturated rings. The van der Waals surface area contributed by atoms with Crippen LogP contribution in [0.25, 0.3) is 0 Å². The van der Waals surface area contributed by atoms with Gasteiger partial charge in [-0.15, -0.1) is 0 Å². The molecule has 0 aliphatic carbocycles. The zero-order chi connectivity index (χ0) is 17.1. The summed E-state index contributed by atoms with van der Waals surface area (Å²) in [6.07, 6.45) is 0.797. The van der Waals surface area contributed by atoms with E-state index in [0.717, 1.165) is 17.7 Å². The van der Waals surface area contributed by atoms with Crippen LogP contribution in [0, 0.1) is 11.3 Å². The Balaban J connectivity index is 1.65. The van der Waals surface area contributed by atoms with Crippen LogP contribution in [-0.2, 0) is 16.0 Å². The van der Waals surface area contributed by atoms with Gasteiger partial charge in [-0.25, -0.2) is 4.79 Å². The lowest BCUT2D eigenvalue weighted by Crippen LogP contribution is -2.38. The predicted octanol–water partition coefficient (Wildman–Crippen LogP) is 2.69. The Morgan fingerprint density at radius 1 is 1.21 bits per heavy atom. The van der Waals surface area contributed by atoms with E-state index in [0.29, 0.717) is 11.1 Å². The highest BCUT2D eigenvalue weighted by Gasteiger charge is 2.30. The summed E-state index contributed by atoms with van der Waals surface area (Å²) < 4.78 is 5.13. The topological polar surface area (TPSA) is 70.4 Å². The first kappa shape index (κ1) is 15.8. The minimum absolute atomic E-state index is 0.0449. The number of ether oxygens (including phenoxy) is 1. The lowest BCUT2D eigenvalue weighted by Gasteiger charge is -2.22. The van der Waals surface area contributed by atoms with Gasteiger partial charge in [0.1, 0.15) is 0 Å². The second kappa shape index (κ2) is 6.55. The van der Waals surface area contributed by atoms with E-state index in [1.54, 1.807) is 4.90 Å². The fraction of sp³-hybridized carbons (Fsp3) is 0.211. The Bertz CT molecular complexity index is 821. The van der Waals surface area contributed by atoms with E-state index in [2.05, 4.69) is 0 Å². The van der Waals surface area contributed by atoms with Crippen molar-refractivity contribution in [3.05, 3.63) is 65.2 Å². The molecule has 1 aliphatic rings. The molecular weight excluding hydrogens is 304 g/mol. The highest BCUT2D eigenvalue weighted by Crippen LogP contribution is 2.31. The van der Waals surface area contributed by atoms with Crippen LogP contribution in [0.5, 0.6) is 0 Å². The van der Waals surface area contributed by atoms with Crippen LogP contribution in [0.3, 0.4) is 0 Å². The molecular formula is C19H16N2O3. The van der Waals surface area contributed by atoms with Crippen LogP contribution in [0.1, 0.15) is 28.4 Å². The number of carbonyl (C=O) groups is 2. The number of fused-ring (bicyclic) bond motifs is 1. The molecule has 1 atom stereocenters. The van der Waals surface area contributed by atoms with E-state index in [-0.39, 0.29) is 18.6 Å². The third-order valence-corrected chi connectivity index (χ3v) is 4.05. The van der Waals surface area contributed by atoms with Crippen LogP contribution in [0.15, 0.2) is 48.5 Å². The van der Waals surface area contributed by atoms with Gasteiger partial charge in [0.2, 0.25) is 0 Å². The normalized spacial score (nSPS) is 15.5. The molecule has 5 nitrogen and oxygen atoms in total. The Kier molecular flexibility index (Phi) is 4.30. The van der Waals surface area contributed by atoms with Gasteiger partial charge < -0.3 is 9.64 Å². The number of esters is 1. The lowest BCUT2D eigenvalue weighted by molar-refractivity contribution is -0.122. The van der Waals surface area contributed by atoms with Crippen molar-refractivity contribution in [2.45, 2.75) is 19.4 Å². The van der Waals surface area contributed by atoms with Crippen molar-refractivity contribution < 1.29 is 14.3 Å². The molecule has 120 valence electrons. The Labute approximate surface area is 140 Å². The number of rotatable bonds is 3. The van der Waals surface area contributed by atoms with Gasteiger partial charge in [0, 0.05) is 11.7 Å². The Morgan fingerprint density at radius 2 is 1.92 bits per heavy atom. The van der Waals surface area contributed by atoms with Crippen LogP contribution >= 0.6 is 0 Å². The smallest absolute Gasteiger partial charge is 0.338 e. The summed E-state index contributed by atoms with van der Waals surface area (Å²) in [6.45, 7) is 1.66. The number of anilines is 1. The van der Waals surface area contributed by atoms with Gasteiger partial charge in [0.05, 0.1) is 17.2 Å². The maximum Gasteiger partial charge on any atom is 0.338 e. The summed E-state index contributed by atoms with van der Waals surface area (Å²) in [7, 11) is 0. The largest absolute Gasteiger partial charge is 0.452 e. The molecule has 0 saturated carbocycles. The van der Waals surface area contributed by atoms with Gasteiger partial charge in [-0.3, -0.25) is 4.79 Å². The van der Waals surface area contributed by atoms with E-state index in [9.17, 15) is 9.59 Å². The first-order chi connectivity index (χ1) is 11.6. The molecule has 1 amide bonds. The molecule has 0 unspecified atom stereocenters. The van der Waals surface area contributed by atoms with E-state index >= 15 is 0 Å². The summed E-state index contributed by atoms with van der Waals surface area (Å²) in [6, 6.07) is 15.9. The van der Waals surface area contributed by atoms with Gasteiger partial charge in [-0.1, -0.05) is 18.2 Å². The highest BCUT2D eigenvalue weighted by atomic mass is 16.5. The zero-order valence-electron chi connectivity index (χ0n) is 13.2. The monoisotopic (exact) mass is 320 g/mol. The molecule has 1 aliphatic heterocycles. The molecule has 2 aromatic carbocycles. The third kappa shape index (κ3) is 2.99. The molecule has 3 rings (SSSR count). The summed E-state index contributed by atoms with van der Waals surface area (Å²) in [4.78, 5) is 26.2. The number of hydrogen-bond donors (Lipinski definition) is 0. The molecule has 24 heavy (non-hydrogen) atoms. The van der Waals surface area contributed by atoms with Crippen molar-refractivity contribution in [2.75, 3.05) is 11.5 Å². The maximum absolute atomic E-state index is 12.5. The number of nitriles is 1. The van der Waals surface area contributed by atoms with E-state index in [1.807, 2.05) is 37.3 Å².